The number of carbonyl (C=O) groups excluding carboxylic acids is 1. The molecule has 3 aromatic rings. The first-order chi connectivity index (χ1) is 11.8. The molecule has 0 spiro atoms. The van der Waals surface area contributed by atoms with Gasteiger partial charge in [-0.25, -0.2) is 4.98 Å². The number of thiazole rings is 1. The number of nitrogens with one attached hydrogen (secondary N) is 1. The zero-order chi connectivity index (χ0) is 16.4. The molecule has 0 radical (unpaired) electrons. The summed E-state index contributed by atoms with van der Waals surface area (Å²) in [5.41, 5.74) is 2.39. The maximum absolute atomic E-state index is 12.6. The van der Waals surface area contributed by atoms with E-state index in [1.807, 2.05) is 34.3 Å². The minimum atomic E-state index is -0.122. The molecule has 2 heterocycles. The van der Waals surface area contributed by atoms with Gasteiger partial charge in [0.1, 0.15) is 10.7 Å². The van der Waals surface area contributed by atoms with E-state index in [4.69, 9.17) is 0 Å². The second-order valence-corrected chi connectivity index (χ2v) is 6.96. The van der Waals surface area contributed by atoms with Gasteiger partial charge in [-0.1, -0.05) is 18.6 Å². The smallest absolute Gasteiger partial charge is 0.273 e. The summed E-state index contributed by atoms with van der Waals surface area (Å²) in [5, 5.41) is 10.2. The summed E-state index contributed by atoms with van der Waals surface area (Å²) in [6.07, 6.45) is 7.23. The third-order valence-corrected chi connectivity index (χ3v) is 5.23. The summed E-state index contributed by atoms with van der Waals surface area (Å²) in [7, 11) is 0. The van der Waals surface area contributed by atoms with Crippen LogP contribution >= 0.6 is 11.3 Å². The fraction of sp³-hybridized carbons (Fsp3) is 0.278. The van der Waals surface area contributed by atoms with Gasteiger partial charge in [-0.2, -0.15) is 5.10 Å². The summed E-state index contributed by atoms with van der Waals surface area (Å²) in [4.78, 5) is 16.9. The molecule has 24 heavy (non-hydrogen) atoms. The molecule has 1 aromatic carbocycles. The van der Waals surface area contributed by atoms with Crippen LogP contribution in [0.15, 0.2) is 48.1 Å². The van der Waals surface area contributed by atoms with Crippen molar-refractivity contribution in [3.8, 4) is 10.6 Å². The lowest BCUT2D eigenvalue weighted by molar-refractivity contribution is 0.101. The highest BCUT2D eigenvalue weighted by Crippen LogP contribution is 2.28. The van der Waals surface area contributed by atoms with Crippen LogP contribution in [0.4, 0.5) is 5.69 Å². The molecule has 1 amide bonds. The zero-order valence-corrected chi connectivity index (χ0v) is 14.0. The van der Waals surface area contributed by atoms with Gasteiger partial charge in [0.25, 0.3) is 5.91 Å². The van der Waals surface area contributed by atoms with Crippen LogP contribution in [0.2, 0.25) is 0 Å². The van der Waals surface area contributed by atoms with Gasteiger partial charge in [0.2, 0.25) is 0 Å². The Hall–Kier alpha value is -2.47. The lowest BCUT2D eigenvalue weighted by Crippen LogP contribution is -2.23. The summed E-state index contributed by atoms with van der Waals surface area (Å²) in [6, 6.07) is 9.54. The molecule has 1 N–H and O–H groups in total. The van der Waals surface area contributed by atoms with Crippen LogP contribution in [0.5, 0.6) is 0 Å². The zero-order valence-electron chi connectivity index (χ0n) is 13.2. The lowest BCUT2D eigenvalue weighted by atomic mass is 9.85. The Labute approximate surface area is 144 Å². The maximum atomic E-state index is 12.6. The van der Waals surface area contributed by atoms with E-state index in [2.05, 4.69) is 15.4 Å². The van der Waals surface area contributed by atoms with Gasteiger partial charge in [0.05, 0.1) is 0 Å². The topological polar surface area (TPSA) is 59.8 Å². The van der Waals surface area contributed by atoms with Crippen molar-refractivity contribution in [2.24, 2.45) is 5.92 Å². The molecule has 0 bridgehead atoms. The molecule has 6 heteroatoms. The number of aromatic nitrogens is 3. The van der Waals surface area contributed by atoms with E-state index in [9.17, 15) is 4.79 Å². The van der Waals surface area contributed by atoms with Gasteiger partial charge in [-0.05, 0) is 37.0 Å². The molecule has 2 aromatic heterocycles. The average molecular weight is 338 g/mol. The minimum Gasteiger partial charge on any atom is -0.321 e. The molecule has 0 unspecified atom stereocenters. The van der Waals surface area contributed by atoms with E-state index >= 15 is 0 Å². The first-order valence-electron chi connectivity index (χ1n) is 8.13. The number of hydrogen-bond acceptors (Lipinski definition) is 4. The number of nitrogens with zero attached hydrogens (tertiary/aromatic N) is 3. The van der Waals surface area contributed by atoms with Crippen molar-refractivity contribution in [2.75, 3.05) is 5.32 Å². The van der Waals surface area contributed by atoms with Gasteiger partial charge in [-0.3, -0.25) is 9.48 Å². The maximum Gasteiger partial charge on any atom is 0.273 e. The van der Waals surface area contributed by atoms with Crippen LogP contribution in [0.25, 0.3) is 10.6 Å². The molecule has 5 nitrogen and oxygen atoms in total. The largest absolute Gasteiger partial charge is 0.321 e. The van der Waals surface area contributed by atoms with Crippen molar-refractivity contribution in [1.82, 2.24) is 14.8 Å². The highest BCUT2D eigenvalue weighted by molar-refractivity contribution is 7.13. The third-order valence-electron chi connectivity index (χ3n) is 4.40. The minimum absolute atomic E-state index is 0.122. The fourth-order valence-corrected chi connectivity index (χ4v) is 3.52. The van der Waals surface area contributed by atoms with E-state index in [0.717, 1.165) is 22.8 Å². The number of rotatable bonds is 5. The monoisotopic (exact) mass is 338 g/mol. The number of benzene rings is 1. The number of amides is 1. The Morgan fingerprint density at radius 1 is 1.29 bits per heavy atom. The second kappa shape index (κ2) is 6.57. The van der Waals surface area contributed by atoms with Gasteiger partial charge < -0.3 is 5.32 Å². The summed E-state index contributed by atoms with van der Waals surface area (Å²) in [5.74, 6) is 0.535. The molecule has 4 rings (SSSR count). The molecule has 1 aliphatic carbocycles. The van der Waals surface area contributed by atoms with Crippen molar-refractivity contribution in [3.63, 3.8) is 0 Å². The third kappa shape index (κ3) is 3.10. The molecular formula is C18H18N4OS. The Bertz CT molecular complexity index is 836. The molecule has 0 saturated heterocycles. The molecule has 1 aliphatic rings. The number of anilines is 1. The number of hydrogen-bond donors (Lipinski definition) is 1. The summed E-state index contributed by atoms with van der Waals surface area (Å²) < 4.78 is 1.82. The van der Waals surface area contributed by atoms with Crippen molar-refractivity contribution < 1.29 is 4.79 Å². The summed E-state index contributed by atoms with van der Waals surface area (Å²) in [6.45, 7) is 0.828. The van der Waals surface area contributed by atoms with E-state index < -0.39 is 0 Å². The average Bonchev–Trinajstić information content (AvgIpc) is 3.23. The van der Waals surface area contributed by atoms with E-state index in [1.165, 1.54) is 19.3 Å². The van der Waals surface area contributed by atoms with Crippen molar-refractivity contribution >= 4 is 22.9 Å². The van der Waals surface area contributed by atoms with Gasteiger partial charge in [0.15, 0.2) is 0 Å². The quantitative estimate of drug-likeness (QED) is 0.763. The van der Waals surface area contributed by atoms with E-state index in [1.54, 1.807) is 29.8 Å². The van der Waals surface area contributed by atoms with Crippen molar-refractivity contribution in [1.29, 1.82) is 0 Å². The highest BCUT2D eigenvalue weighted by atomic mass is 32.1. The predicted octanol–water partition coefficient (Wildman–Crippen LogP) is 4.06. The van der Waals surface area contributed by atoms with Crippen molar-refractivity contribution in [3.05, 3.63) is 53.8 Å². The van der Waals surface area contributed by atoms with E-state index in [0.29, 0.717) is 11.6 Å². The Balaban J connectivity index is 1.50. The first kappa shape index (κ1) is 15.1. The Morgan fingerprint density at radius 2 is 2.21 bits per heavy atom. The van der Waals surface area contributed by atoms with Gasteiger partial charge in [-0.15, -0.1) is 11.3 Å². The van der Waals surface area contributed by atoms with Gasteiger partial charge >= 0.3 is 0 Å². The Morgan fingerprint density at radius 3 is 2.96 bits per heavy atom. The highest BCUT2D eigenvalue weighted by Gasteiger charge is 2.21. The van der Waals surface area contributed by atoms with Crippen LogP contribution in [0.3, 0.4) is 0 Å². The first-order valence-corrected chi connectivity index (χ1v) is 9.00. The number of carbonyl (C=O) groups is 1. The van der Waals surface area contributed by atoms with Gasteiger partial charge in [0, 0.05) is 35.6 Å². The molecule has 122 valence electrons. The lowest BCUT2D eigenvalue weighted by Gasteiger charge is -2.25. The van der Waals surface area contributed by atoms with Crippen LogP contribution in [-0.2, 0) is 6.54 Å². The van der Waals surface area contributed by atoms with Crippen LogP contribution in [0, 0.1) is 5.92 Å². The van der Waals surface area contributed by atoms with Crippen LogP contribution in [0.1, 0.15) is 29.8 Å². The Kier molecular flexibility index (Phi) is 4.13. The normalized spacial score (nSPS) is 14.3. The summed E-state index contributed by atoms with van der Waals surface area (Å²) >= 11 is 1.58. The molecular weight excluding hydrogens is 320 g/mol. The van der Waals surface area contributed by atoms with Crippen LogP contribution in [-0.4, -0.2) is 20.7 Å². The second-order valence-electron chi connectivity index (χ2n) is 6.07. The van der Waals surface area contributed by atoms with Crippen LogP contribution < -0.4 is 5.32 Å². The molecule has 1 fully saturated rings. The van der Waals surface area contributed by atoms with E-state index in [-0.39, 0.29) is 5.91 Å². The standard InChI is InChI=1S/C18H18N4OS/c23-17(16-7-8-20-22(16)12-13-3-1-4-13)21-15-6-2-5-14(11-15)18-19-9-10-24-18/h2,5-11,13H,1,3-4,12H2,(H,21,23). The molecule has 0 atom stereocenters. The van der Waals surface area contributed by atoms with Crippen molar-refractivity contribution in [2.45, 2.75) is 25.8 Å². The molecule has 1 saturated carbocycles. The predicted molar refractivity (Wildman–Crippen MR) is 95.1 cm³/mol. The fourth-order valence-electron chi connectivity index (χ4n) is 2.88. The molecule has 0 aliphatic heterocycles. The SMILES string of the molecule is O=C(Nc1cccc(-c2nccs2)c1)c1ccnn1CC1CCC1.